The van der Waals surface area contributed by atoms with E-state index in [2.05, 4.69) is 34.9 Å². The molecule has 0 N–H and O–H groups in total. The molecule has 0 aliphatic heterocycles. The Balaban J connectivity index is 2.18. The number of aromatic nitrogens is 2. The van der Waals surface area contributed by atoms with E-state index in [4.69, 9.17) is 4.74 Å². The second kappa shape index (κ2) is 4.70. The van der Waals surface area contributed by atoms with E-state index in [1.165, 1.54) is 0 Å². The van der Waals surface area contributed by atoms with E-state index >= 15 is 0 Å². The Morgan fingerprint density at radius 1 is 1.31 bits per heavy atom. The van der Waals surface area contributed by atoms with Crippen LogP contribution in [0.25, 0.3) is 0 Å². The molecule has 16 heavy (non-hydrogen) atoms. The first-order chi connectivity index (χ1) is 7.66. The summed E-state index contributed by atoms with van der Waals surface area (Å²) in [5.41, 5.74) is 0. The molecule has 1 heterocycles. The highest BCUT2D eigenvalue weighted by Crippen LogP contribution is 2.29. The lowest BCUT2D eigenvalue weighted by Gasteiger charge is -2.05. The van der Waals surface area contributed by atoms with E-state index in [0.29, 0.717) is 6.04 Å². The van der Waals surface area contributed by atoms with E-state index in [9.17, 15) is 0 Å². The van der Waals surface area contributed by atoms with Crippen molar-refractivity contribution in [1.29, 1.82) is 0 Å². The Kier molecular flexibility index (Phi) is 3.29. The molecule has 1 aromatic heterocycles. The molecule has 0 saturated carbocycles. The van der Waals surface area contributed by atoms with Crippen LogP contribution in [0.2, 0.25) is 0 Å². The summed E-state index contributed by atoms with van der Waals surface area (Å²) in [5, 5.41) is 4.22. The predicted octanol–water partition coefficient (Wildman–Crippen LogP) is 4.02. The van der Waals surface area contributed by atoms with Gasteiger partial charge in [-0.2, -0.15) is 5.10 Å². The van der Waals surface area contributed by atoms with Crippen LogP contribution in [0.3, 0.4) is 0 Å². The zero-order valence-electron chi connectivity index (χ0n) is 9.22. The van der Waals surface area contributed by atoms with Crippen molar-refractivity contribution in [2.45, 2.75) is 19.9 Å². The molecule has 0 saturated heterocycles. The molecule has 0 spiro atoms. The molecule has 4 heteroatoms. The fourth-order valence-electron chi connectivity index (χ4n) is 1.31. The minimum Gasteiger partial charge on any atom is -0.453 e. The smallest absolute Gasteiger partial charge is 0.165 e. The normalized spacial score (nSPS) is 10.8. The first-order valence-electron chi connectivity index (χ1n) is 5.13. The molecular formula is C12H13BrN2O. The molecule has 2 rings (SSSR count). The molecule has 0 bridgehead atoms. The molecular weight excluding hydrogens is 268 g/mol. The fourth-order valence-corrected chi connectivity index (χ4v) is 1.68. The number of hydrogen-bond acceptors (Lipinski definition) is 2. The zero-order chi connectivity index (χ0) is 11.5. The lowest BCUT2D eigenvalue weighted by atomic mass is 10.3. The minimum atomic E-state index is 0.344. The summed E-state index contributed by atoms with van der Waals surface area (Å²) in [6.45, 7) is 4.16. The van der Waals surface area contributed by atoms with E-state index in [-0.39, 0.29) is 0 Å². The summed E-state index contributed by atoms with van der Waals surface area (Å²) < 4.78 is 8.51. The van der Waals surface area contributed by atoms with Gasteiger partial charge in [-0.15, -0.1) is 0 Å². The van der Waals surface area contributed by atoms with Crippen molar-refractivity contribution in [3.63, 3.8) is 0 Å². The third-order valence-corrected chi connectivity index (χ3v) is 2.83. The predicted molar refractivity (Wildman–Crippen MR) is 66.8 cm³/mol. The second-order valence-corrected chi connectivity index (χ2v) is 4.64. The number of nitrogens with zero attached hydrogens (tertiary/aromatic N) is 2. The monoisotopic (exact) mass is 280 g/mol. The number of benzene rings is 1. The first kappa shape index (κ1) is 11.2. The van der Waals surface area contributed by atoms with Gasteiger partial charge in [0.15, 0.2) is 5.75 Å². The first-order valence-corrected chi connectivity index (χ1v) is 5.92. The maximum absolute atomic E-state index is 5.71. The van der Waals surface area contributed by atoms with Gasteiger partial charge < -0.3 is 4.74 Å². The van der Waals surface area contributed by atoms with Crippen LogP contribution >= 0.6 is 15.9 Å². The number of rotatable bonds is 3. The van der Waals surface area contributed by atoms with Crippen LogP contribution in [0.4, 0.5) is 0 Å². The average Bonchev–Trinajstić information content (AvgIpc) is 2.70. The summed E-state index contributed by atoms with van der Waals surface area (Å²) in [5.74, 6) is 1.55. The van der Waals surface area contributed by atoms with E-state index < -0.39 is 0 Å². The number of halogens is 1. The molecule has 84 valence electrons. The Bertz CT molecular complexity index is 479. The molecule has 0 fully saturated rings. The van der Waals surface area contributed by atoms with Gasteiger partial charge in [-0.3, -0.25) is 4.68 Å². The van der Waals surface area contributed by atoms with Gasteiger partial charge in [0, 0.05) is 6.04 Å². The Morgan fingerprint density at radius 2 is 2.06 bits per heavy atom. The third-order valence-electron chi connectivity index (χ3n) is 2.17. The highest BCUT2D eigenvalue weighted by molar-refractivity contribution is 9.10. The quantitative estimate of drug-likeness (QED) is 0.849. The molecule has 0 amide bonds. The van der Waals surface area contributed by atoms with Crippen LogP contribution in [0.5, 0.6) is 11.5 Å². The van der Waals surface area contributed by atoms with Crippen LogP contribution in [0, 0.1) is 0 Å². The molecule has 0 unspecified atom stereocenters. The van der Waals surface area contributed by atoms with Crippen molar-refractivity contribution >= 4 is 15.9 Å². The fraction of sp³-hybridized carbons (Fsp3) is 0.250. The molecule has 0 atom stereocenters. The van der Waals surface area contributed by atoms with Gasteiger partial charge >= 0.3 is 0 Å². The number of hydrogen-bond donors (Lipinski definition) is 0. The largest absolute Gasteiger partial charge is 0.453 e. The van der Waals surface area contributed by atoms with Crippen molar-refractivity contribution in [3.8, 4) is 11.5 Å². The average molecular weight is 281 g/mol. The van der Waals surface area contributed by atoms with Crippen LogP contribution in [0.1, 0.15) is 19.9 Å². The lowest BCUT2D eigenvalue weighted by Crippen LogP contribution is -1.99. The summed E-state index contributed by atoms with van der Waals surface area (Å²) >= 11 is 3.44. The van der Waals surface area contributed by atoms with Gasteiger partial charge in [0.25, 0.3) is 0 Å². The Labute approximate surface area is 103 Å². The Hall–Kier alpha value is -1.29. The van der Waals surface area contributed by atoms with Crippen LogP contribution in [0.15, 0.2) is 41.1 Å². The van der Waals surface area contributed by atoms with Gasteiger partial charge in [0.05, 0.1) is 16.9 Å². The number of ether oxygens (including phenoxy) is 1. The maximum atomic E-state index is 5.71. The zero-order valence-corrected chi connectivity index (χ0v) is 10.8. The van der Waals surface area contributed by atoms with Crippen molar-refractivity contribution in [1.82, 2.24) is 9.78 Å². The molecule has 0 radical (unpaired) electrons. The standard InChI is InChI=1S/C12H13BrN2O/c1-9(2)15-8-10(7-14-15)16-12-6-4-3-5-11(12)13/h3-9H,1-2H3. The minimum absolute atomic E-state index is 0.344. The Morgan fingerprint density at radius 3 is 2.69 bits per heavy atom. The highest BCUT2D eigenvalue weighted by Gasteiger charge is 2.05. The van der Waals surface area contributed by atoms with Gasteiger partial charge in [-0.1, -0.05) is 12.1 Å². The van der Waals surface area contributed by atoms with Gasteiger partial charge in [0.2, 0.25) is 0 Å². The van der Waals surface area contributed by atoms with Crippen LogP contribution in [-0.2, 0) is 0 Å². The van der Waals surface area contributed by atoms with E-state index in [1.807, 2.05) is 35.1 Å². The molecule has 2 aromatic rings. The van der Waals surface area contributed by atoms with Gasteiger partial charge in [-0.25, -0.2) is 0 Å². The van der Waals surface area contributed by atoms with Crippen LogP contribution < -0.4 is 4.74 Å². The van der Waals surface area contributed by atoms with E-state index in [0.717, 1.165) is 16.0 Å². The van der Waals surface area contributed by atoms with Gasteiger partial charge in [0.1, 0.15) is 5.75 Å². The number of para-hydroxylation sites is 1. The second-order valence-electron chi connectivity index (χ2n) is 3.78. The summed E-state index contributed by atoms with van der Waals surface area (Å²) in [6.07, 6.45) is 3.61. The molecule has 3 nitrogen and oxygen atoms in total. The highest BCUT2D eigenvalue weighted by atomic mass is 79.9. The summed E-state index contributed by atoms with van der Waals surface area (Å²) in [6, 6.07) is 8.09. The topological polar surface area (TPSA) is 27.1 Å². The molecule has 0 aliphatic rings. The van der Waals surface area contributed by atoms with Gasteiger partial charge in [-0.05, 0) is 41.9 Å². The van der Waals surface area contributed by atoms with Crippen molar-refractivity contribution in [2.24, 2.45) is 0 Å². The summed E-state index contributed by atoms with van der Waals surface area (Å²) in [4.78, 5) is 0. The van der Waals surface area contributed by atoms with Crippen molar-refractivity contribution in [3.05, 3.63) is 41.1 Å². The van der Waals surface area contributed by atoms with Crippen LogP contribution in [-0.4, -0.2) is 9.78 Å². The van der Waals surface area contributed by atoms with Crippen molar-refractivity contribution < 1.29 is 4.74 Å². The molecule has 1 aromatic carbocycles. The third kappa shape index (κ3) is 2.44. The van der Waals surface area contributed by atoms with Crippen molar-refractivity contribution in [2.75, 3.05) is 0 Å². The summed E-state index contributed by atoms with van der Waals surface area (Å²) in [7, 11) is 0. The van der Waals surface area contributed by atoms with E-state index in [1.54, 1.807) is 6.20 Å². The SMILES string of the molecule is CC(C)n1cc(Oc2ccccc2Br)cn1. The lowest BCUT2D eigenvalue weighted by molar-refractivity contribution is 0.474. The molecule has 0 aliphatic carbocycles. The maximum Gasteiger partial charge on any atom is 0.165 e.